The Kier molecular flexibility index (Phi) is 4.68. The summed E-state index contributed by atoms with van der Waals surface area (Å²) >= 11 is 0. The molecule has 0 bridgehead atoms. The molecule has 0 unspecified atom stereocenters. The van der Waals surface area contributed by atoms with E-state index in [0.29, 0.717) is 23.7 Å². The zero-order valence-corrected chi connectivity index (χ0v) is 8.86. The zero-order valence-electron chi connectivity index (χ0n) is 8.86. The summed E-state index contributed by atoms with van der Waals surface area (Å²) in [6, 6.07) is 5.16. The predicted octanol–water partition coefficient (Wildman–Crippen LogP) is 2.50. The number of aldehydes is 1. The van der Waals surface area contributed by atoms with Crippen LogP contribution >= 0.6 is 0 Å². The second-order valence-electron chi connectivity index (χ2n) is 3.08. The van der Waals surface area contributed by atoms with Crippen molar-refractivity contribution in [3.8, 4) is 11.5 Å². The first kappa shape index (κ1) is 11.6. The average Bonchev–Trinajstić information content (AvgIpc) is 2.29. The summed E-state index contributed by atoms with van der Waals surface area (Å²) in [5.41, 5.74) is 0.530. The molecule has 1 radical (unpaired) electrons. The summed E-state index contributed by atoms with van der Waals surface area (Å²) in [7, 11) is 1.53. The Morgan fingerprint density at radius 3 is 2.87 bits per heavy atom. The van der Waals surface area contributed by atoms with Gasteiger partial charge in [0.1, 0.15) is 11.5 Å². The number of unbranched alkanes of at least 4 members (excludes halogenated alkanes) is 1. The highest BCUT2D eigenvalue weighted by molar-refractivity contribution is 5.79. The molecule has 1 aromatic rings. The number of ether oxygens (including phenoxy) is 2. The van der Waals surface area contributed by atoms with Crippen molar-refractivity contribution >= 4 is 6.29 Å². The lowest BCUT2D eigenvalue weighted by molar-refractivity contribution is 0.112. The summed E-state index contributed by atoms with van der Waals surface area (Å²) in [4.78, 5) is 10.6. The van der Waals surface area contributed by atoms with Gasteiger partial charge in [0.05, 0.1) is 19.3 Å². The third-order valence-electron chi connectivity index (χ3n) is 1.99. The van der Waals surface area contributed by atoms with Crippen LogP contribution in [0.1, 0.15) is 23.2 Å². The standard InChI is InChI=1S/C12H15O3/c1-3-4-7-15-11-6-5-10(9-13)12(8-11)14-2/h5-6,8-9H,1,3-4,7H2,2H3. The van der Waals surface area contributed by atoms with Gasteiger partial charge in [-0.2, -0.15) is 0 Å². The third kappa shape index (κ3) is 3.27. The van der Waals surface area contributed by atoms with Gasteiger partial charge in [0, 0.05) is 6.07 Å². The van der Waals surface area contributed by atoms with Crippen molar-refractivity contribution < 1.29 is 14.3 Å². The molecular formula is C12H15O3. The third-order valence-corrected chi connectivity index (χ3v) is 1.99. The highest BCUT2D eigenvalue weighted by atomic mass is 16.5. The number of rotatable bonds is 6. The lowest BCUT2D eigenvalue weighted by atomic mass is 10.2. The summed E-state index contributed by atoms with van der Waals surface area (Å²) in [6.45, 7) is 4.36. The van der Waals surface area contributed by atoms with Gasteiger partial charge in [0.25, 0.3) is 0 Å². The largest absolute Gasteiger partial charge is 0.496 e. The van der Waals surface area contributed by atoms with Gasteiger partial charge >= 0.3 is 0 Å². The predicted molar refractivity (Wildman–Crippen MR) is 58.5 cm³/mol. The molecule has 0 N–H and O–H groups in total. The van der Waals surface area contributed by atoms with E-state index in [1.807, 2.05) is 0 Å². The quantitative estimate of drug-likeness (QED) is 0.531. The van der Waals surface area contributed by atoms with Crippen LogP contribution in [0.3, 0.4) is 0 Å². The van der Waals surface area contributed by atoms with Gasteiger partial charge in [0.2, 0.25) is 0 Å². The number of carbonyl (C=O) groups is 1. The van der Waals surface area contributed by atoms with Crippen LogP contribution in [-0.4, -0.2) is 20.0 Å². The molecule has 0 aliphatic rings. The van der Waals surface area contributed by atoms with Crippen LogP contribution in [0.4, 0.5) is 0 Å². The minimum absolute atomic E-state index is 0.530. The van der Waals surface area contributed by atoms with Crippen molar-refractivity contribution in [1.82, 2.24) is 0 Å². The molecule has 1 rings (SSSR count). The first-order chi connectivity index (χ1) is 7.31. The van der Waals surface area contributed by atoms with Crippen LogP contribution in [0.2, 0.25) is 0 Å². The van der Waals surface area contributed by atoms with Crippen molar-refractivity contribution in [2.45, 2.75) is 12.8 Å². The van der Waals surface area contributed by atoms with E-state index in [1.165, 1.54) is 7.11 Å². The molecule has 0 fully saturated rings. The fourth-order valence-corrected chi connectivity index (χ4v) is 1.17. The van der Waals surface area contributed by atoms with Gasteiger partial charge in [0.15, 0.2) is 6.29 Å². The van der Waals surface area contributed by atoms with Crippen LogP contribution in [0.5, 0.6) is 11.5 Å². The number of benzene rings is 1. The molecule has 81 valence electrons. The molecular weight excluding hydrogens is 192 g/mol. The molecule has 0 aliphatic heterocycles. The van der Waals surface area contributed by atoms with Crippen LogP contribution in [-0.2, 0) is 0 Å². The van der Waals surface area contributed by atoms with E-state index in [2.05, 4.69) is 6.92 Å². The summed E-state index contributed by atoms with van der Waals surface area (Å²) in [6.07, 6.45) is 2.53. The molecule has 0 spiro atoms. The molecule has 0 saturated carbocycles. The van der Waals surface area contributed by atoms with E-state index < -0.39 is 0 Å². The van der Waals surface area contributed by atoms with Crippen LogP contribution in [0, 0.1) is 6.92 Å². The second kappa shape index (κ2) is 6.06. The van der Waals surface area contributed by atoms with Gasteiger partial charge in [-0.15, -0.1) is 0 Å². The molecule has 0 aromatic heterocycles. The van der Waals surface area contributed by atoms with Gasteiger partial charge in [-0.05, 0) is 18.6 Å². The number of methoxy groups -OCH3 is 1. The van der Waals surface area contributed by atoms with Crippen LogP contribution in [0.15, 0.2) is 18.2 Å². The normalized spacial score (nSPS) is 9.73. The Hall–Kier alpha value is -1.51. The van der Waals surface area contributed by atoms with Crippen molar-refractivity contribution in [3.63, 3.8) is 0 Å². The SMILES string of the molecule is [CH2]CCCOc1ccc(C=O)c(OC)c1. The fraction of sp³-hybridized carbons (Fsp3) is 0.333. The van der Waals surface area contributed by atoms with Crippen LogP contribution in [0.25, 0.3) is 0 Å². The van der Waals surface area contributed by atoms with E-state index in [-0.39, 0.29) is 0 Å². The molecule has 0 atom stereocenters. The minimum Gasteiger partial charge on any atom is -0.496 e. The van der Waals surface area contributed by atoms with E-state index >= 15 is 0 Å². The average molecular weight is 207 g/mol. The van der Waals surface area contributed by atoms with Crippen molar-refractivity contribution in [2.24, 2.45) is 0 Å². The second-order valence-corrected chi connectivity index (χ2v) is 3.08. The molecule has 3 nitrogen and oxygen atoms in total. The Balaban J connectivity index is 2.70. The monoisotopic (exact) mass is 207 g/mol. The van der Waals surface area contributed by atoms with Gasteiger partial charge in [-0.1, -0.05) is 13.3 Å². The van der Waals surface area contributed by atoms with Crippen molar-refractivity contribution in [3.05, 3.63) is 30.7 Å². The molecule has 1 aromatic carbocycles. The van der Waals surface area contributed by atoms with E-state index in [9.17, 15) is 4.79 Å². The highest BCUT2D eigenvalue weighted by Gasteiger charge is 2.03. The Morgan fingerprint density at radius 1 is 1.47 bits per heavy atom. The maximum atomic E-state index is 10.6. The molecule has 0 saturated heterocycles. The number of hydrogen-bond acceptors (Lipinski definition) is 3. The number of carbonyl (C=O) groups excluding carboxylic acids is 1. The Morgan fingerprint density at radius 2 is 2.27 bits per heavy atom. The lowest BCUT2D eigenvalue weighted by Crippen LogP contribution is -1.98. The summed E-state index contributed by atoms with van der Waals surface area (Å²) < 4.78 is 10.5. The smallest absolute Gasteiger partial charge is 0.153 e. The molecule has 0 aliphatic carbocycles. The Labute approximate surface area is 90.0 Å². The lowest BCUT2D eigenvalue weighted by Gasteiger charge is -2.08. The van der Waals surface area contributed by atoms with E-state index in [1.54, 1.807) is 18.2 Å². The summed E-state index contributed by atoms with van der Waals surface area (Å²) in [5.74, 6) is 1.25. The fourth-order valence-electron chi connectivity index (χ4n) is 1.17. The first-order valence-electron chi connectivity index (χ1n) is 4.87. The number of hydrogen-bond donors (Lipinski definition) is 0. The maximum Gasteiger partial charge on any atom is 0.153 e. The first-order valence-corrected chi connectivity index (χ1v) is 4.87. The summed E-state index contributed by atoms with van der Waals surface area (Å²) in [5, 5.41) is 0. The maximum absolute atomic E-state index is 10.6. The molecule has 3 heteroatoms. The topological polar surface area (TPSA) is 35.5 Å². The van der Waals surface area contributed by atoms with E-state index in [0.717, 1.165) is 19.1 Å². The van der Waals surface area contributed by atoms with Crippen molar-refractivity contribution in [1.29, 1.82) is 0 Å². The highest BCUT2D eigenvalue weighted by Crippen LogP contribution is 2.23. The van der Waals surface area contributed by atoms with Gasteiger partial charge < -0.3 is 9.47 Å². The van der Waals surface area contributed by atoms with Gasteiger partial charge in [-0.25, -0.2) is 0 Å². The van der Waals surface area contributed by atoms with Crippen LogP contribution < -0.4 is 9.47 Å². The molecule has 0 amide bonds. The molecule has 0 heterocycles. The Bertz CT molecular complexity index is 321. The molecule has 15 heavy (non-hydrogen) atoms. The van der Waals surface area contributed by atoms with E-state index in [4.69, 9.17) is 9.47 Å². The zero-order chi connectivity index (χ0) is 11.1. The van der Waals surface area contributed by atoms with Crippen molar-refractivity contribution in [2.75, 3.05) is 13.7 Å². The minimum atomic E-state index is 0.530. The van der Waals surface area contributed by atoms with Gasteiger partial charge in [-0.3, -0.25) is 4.79 Å².